The van der Waals surface area contributed by atoms with Gasteiger partial charge in [0.15, 0.2) is 5.16 Å². The zero-order valence-electron chi connectivity index (χ0n) is 19.7. The summed E-state index contributed by atoms with van der Waals surface area (Å²) in [5.74, 6) is 0.606. The largest absolute Gasteiger partial charge is 0.419 e. The van der Waals surface area contributed by atoms with Gasteiger partial charge in [0.2, 0.25) is 11.8 Å². The van der Waals surface area contributed by atoms with Crippen molar-refractivity contribution in [2.45, 2.75) is 31.2 Å². The molecule has 0 bridgehead atoms. The van der Waals surface area contributed by atoms with Crippen LogP contribution in [0.25, 0.3) is 28.0 Å². The number of non-ortho nitro benzene ring substituents is 1. The molecular weight excluding hydrogens is 478 g/mol. The Morgan fingerprint density at radius 3 is 2.50 bits per heavy atom. The van der Waals surface area contributed by atoms with Crippen LogP contribution in [-0.4, -0.2) is 24.7 Å². The number of nitrogens with zero attached hydrogens (tertiary/aromatic N) is 5. The molecule has 0 saturated carbocycles. The Kier molecular flexibility index (Phi) is 6.11. The minimum atomic E-state index is -0.465. The van der Waals surface area contributed by atoms with Crippen LogP contribution in [0.2, 0.25) is 0 Å². The summed E-state index contributed by atoms with van der Waals surface area (Å²) in [4.78, 5) is 28.9. The number of benzene rings is 3. The Morgan fingerprint density at radius 2 is 1.75 bits per heavy atom. The van der Waals surface area contributed by atoms with Crippen LogP contribution < -0.4 is 5.56 Å². The highest BCUT2D eigenvalue weighted by molar-refractivity contribution is 7.99. The molecule has 36 heavy (non-hydrogen) atoms. The third-order valence-electron chi connectivity index (χ3n) is 5.96. The number of fused-ring (bicyclic) bond motifs is 1. The van der Waals surface area contributed by atoms with E-state index in [1.54, 1.807) is 22.8 Å². The molecule has 2 heterocycles. The van der Waals surface area contributed by atoms with Crippen molar-refractivity contribution in [2.75, 3.05) is 0 Å². The van der Waals surface area contributed by atoms with E-state index in [0.717, 1.165) is 16.8 Å². The number of aryl methyl sites for hydroxylation is 1. The standard InChI is InChI=1S/C26H21N5O4S/c1-15-7-6-10-22(16(15)2)30-25(32)20-8-4-5-9-21(20)27-26(30)36-17(3)23-28-29-24(35-23)18-11-13-19(14-12-18)31(33)34/h4-14,17H,1-3H3. The molecule has 0 amide bonds. The van der Waals surface area contributed by atoms with Gasteiger partial charge in [0, 0.05) is 17.7 Å². The smallest absolute Gasteiger partial charge is 0.269 e. The first-order chi connectivity index (χ1) is 17.3. The van der Waals surface area contributed by atoms with Crippen molar-refractivity contribution in [3.63, 3.8) is 0 Å². The molecule has 9 nitrogen and oxygen atoms in total. The van der Waals surface area contributed by atoms with Gasteiger partial charge in [-0.2, -0.15) is 0 Å². The van der Waals surface area contributed by atoms with Crippen molar-refractivity contribution in [3.8, 4) is 17.1 Å². The molecule has 180 valence electrons. The zero-order valence-corrected chi connectivity index (χ0v) is 20.5. The fourth-order valence-electron chi connectivity index (χ4n) is 3.83. The Morgan fingerprint density at radius 1 is 1.00 bits per heavy atom. The molecule has 0 aliphatic heterocycles. The van der Waals surface area contributed by atoms with E-state index < -0.39 is 4.92 Å². The average Bonchev–Trinajstić information content (AvgIpc) is 3.37. The number of hydrogen-bond donors (Lipinski definition) is 0. The summed E-state index contributed by atoms with van der Waals surface area (Å²) in [6.07, 6.45) is 0. The molecule has 5 aromatic rings. The molecule has 0 fully saturated rings. The van der Waals surface area contributed by atoms with Gasteiger partial charge in [-0.15, -0.1) is 10.2 Å². The molecule has 0 N–H and O–H groups in total. The van der Waals surface area contributed by atoms with Gasteiger partial charge >= 0.3 is 0 Å². The highest BCUT2D eigenvalue weighted by Crippen LogP contribution is 2.36. The Bertz CT molecular complexity index is 1660. The fraction of sp³-hybridized carbons (Fsp3) is 0.154. The van der Waals surface area contributed by atoms with E-state index in [1.807, 2.05) is 57.2 Å². The first-order valence-electron chi connectivity index (χ1n) is 11.2. The summed E-state index contributed by atoms with van der Waals surface area (Å²) in [7, 11) is 0. The van der Waals surface area contributed by atoms with Crippen LogP contribution in [0.3, 0.4) is 0 Å². The molecule has 5 rings (SSSR count). The van der Waals surface area contributed by atoms with Crippen molar-refractivity contribution < 1.29 is 9.34 Å². The van der Waals surface area contributed by atoms with Gasteiger partial charge in [-0.3, -0.25) is 19.5 Å². The van der Waals surface area contributed by atoms with Gasteiger partial charge in [-0.05, 0) is 62.2 Å². The van der Waals surface area contributed by atoms with Crippen molar-refractivity contribution in [1.82, 2.24) is 19.7 Å². The normalized spacial score (nSPS) is 12.1. The second-order valence-electron chi connectivity index (χ2n) is 8.28. The van der Waals surface area contributed by atoms with Crippen molar-refractivity contribution in [2.24, 2.45) is 0 Å². The number of rotatable bonds is 6. The SMILES string of the molecule is Cc1cccc(-n2c(SC(C)c3nnc(-c4ccc([N+](=O)[O-])cc4)o3)nc3ccccc3c2=O)c1C. The lowest BCUT2D eigenvalue weighted by molar-refractivity contribution is -0.384. The third kappa shape index (κ3) is 4.27. The summed E-state index contributed by atoms with van der Waals surface area (Å²) >= 11 is 1.34. The van der Waals surface area contributed by atoms with Gasteiger partial charge < -0.3 is 4.42 Å². The average molecular weight is 500 g/mol. The summed E-state index contributed by atoms with van der Waals surface area (Å²) in [6.45, 7) is 5.89. The third-order valence-corrected chi connectivity index (χ3v) is 7.00. The maximum atomic E-state index is 13.6. The zero-order chi connectivity index (χ0) is 25.4. The molecule has 1 atom stereocenters. The maximum Gasteiger partial charge on any atom is 0.269 e. The monoisotopic (exact) mass is 499 g/mol. The number of para-hydroxylation sites is 1. The summed E-state index contributed by atoms with van der Waals surface area (Å²) in [5.41, 5.74) is 3.84. The summed E-state index contributed by atoms with van der Waals surface area (Å²) < 4.78 is 7.52. The number of nitro benzene ring substituents is 1. The first kappa shape index (κ1) is 23.4. The minimum absolute atomic E-state index is 0.0193. The van der Waals surface area contributed by atoms with E-state index in [1.165, 1.54) is 23.9 Å². The van der Waals surface area contributed by atoms with Gasteiger partial charge in [0.25, 0.3) is 11.2 Å². The molecule has 0 spiro atoms. The fourth-order valence-corrected chi connectivity index (χ4v) is 4.78. The highest BCUT2D eigenvalue weighted by atomic mass is 32.2. The van der Waals surface area contributed by atoms with Gasteiger partial charge in [-0.1, -0.05) is 36.0 Å². The summed E-state index contributed by atoms with van der Waals surface area (Å²) in [5, 5.41) is 19.9. The molecule has 0 saturated heterocycles. The Hall–Kier alpha value is -4.31. The number of nitro groups is 1. The molecular formula is C26H21N5O4S. The van der Waals surface area contributed by atoms with Crippen molar-refractivity contribution >= 4 is 28.4 Å². The molecule has 3 aromatic carbocycles. The van der Waals surface area contributed by atoms with Gasteiger partial charge in [0.1, 0.15) is 0 Å². The van der Waals surface area contributed by atoms with Crippen LogP contribution in [0.5, 0.6) is 0 Å². The van der Waals surface area contributed by atoms with Crippen LogP contribution in [0.15, 0.2) is 81.1 Å². The lowest BCUT2D eigenvalue weighted by Crippen LogP contribution is -2.23. The Labute approximate surface area is 210 Å². The molecule has 0 aliphatic rings. The van der Waals surface area contributed by atoms with E-state index >= 15 is 0 Å². The molecule has 10 heteroatoms. The number of aromatic nitrogens is 4. The van der Waals surface area contributed by atoms with Gasteiger partial charge in [-0.25, -0.2) is 4.98 Å². The van der Waals surface area contributed by atoms with E-state index in [-0.39, 0.29) is 22.4 Å². The first-order valence-corrected chi connectivity index (χ1v) is 12.0. The van der Waals surface area contributed by atoms with Crippen molar-refractivity contribution in [1.29, 1.82) is 0 Å². The van der Waals surface area contributed by atoms with Crippen LogP contribution in [0.1, 0.15) is 29.2 Å². The lowest BCUT2D eigenvalue weighted by atomic mass is 10.1. The molecule has 2 aromatic heterocycles. The summed E-state index contributed by atoms with van der Waals surface area (Å²) in [6, 6.07) is 19.0. The second kappa shape index (κ2) is 9.38. The van der Waals surface area contributed by atoms with E-state index in [9.17, 15) is 14.9 Å². The predicted octanol–water partition coefficient (Wildman–Crippen LogP) is 5.81. The predicted molar refractivity (Wildman–Crippen MR) is 137 cm³/mol. The van der Waals surface area contributed by atoms with E-state index in [0.29, 0.717) is 27.5 Å². The van der Waals surface area contributed by atoms with Crippen LogP contribution in [-0.2, 0) is 0 Å². The minimum Gasteiger partial charge on any atom is -0.419 e. The molecule has 0 radical (unpaired) electrons. The van der Waals surface area contributed by atoms with Crippen LogP contribution >= 0.6 is 11.8 Å². The Balaban J connectivity index is 1.54. The topological polar surface area (TPSA) is 117 Å². The van der Waals surface area contributed by atoms with Crippen molar-refractivity contribution in [3.05, 3.63) is 104 Å². The quantitative estimate of drug-likeness (QED) is 0.124. The van der Waals surface area contributed by atoms with Gasteiger partial charge in [0.05, 0.1) is 26.8 Å². The van der Waals surface area contributed by atoms with Crippen LogP contribution in [0, 0.1) is 24.0 Å². The van der Waals surface area contributed by atoms with E-state index in [4.69, 9.17) is 9.40 Å². The molecule has 1 unspecified atom stereocenters. The van der Waals surface area contributed by atoms with E-state index in [2.05, 4.69) is 10.2 Å². The highest BCUT2D eigenvalue weighted by Gasteiger charge is 2.22. The molecule has 0 aliphatic carbocycles. The van der Waals surface area contributed by atoms with Crippen LogP contribution in [0.4, 0.5) is 5.69 Å². The number of thioether (sulfide) groups is 1. The number of hydrogen-bond acceptors (Lipinski definition) is 8. The lowest BCUT2D eigenvalue weighted by Gasteiger charge is -2.17. The maximum absolute atomic E-state index is 13.6. The second-order valence-corrected chi connectivity index (χ2v) is 9.59.